The van der Waals surface area contributed by atoms with E-state index < -0.39 is 17.9 Å². The largest absolute Gasteiger partial charge is 0.496 e. The number of likely N-dealkylation sites (tertiary alicyclic amines) is 1. The van der Waals surface area contributed by atoms with Gasteiger partial charge in [-0.05, 0) is 225 Å². The third-order valence-electron chi connectivity index (χ3n) is 21.9. The summed E-state index contributed by atoms with van der Waals surface area (Å²) >= 11 is 0. The van der Waals surface area contributed by atoms with Crippen LogP contribution in [0.15, 0.2) is 139 Å². The summed E-state index contributed by atoms with van der Waals surface area (Å²) in [6.45, 7) is 7.42. The molecule has 14 nitrogen and oxygen atoms in total. The molecule has 95 heavy (non-hydrogen) atoms. The van der Waals surface area contributed by atoms with Gasteiger partial charge in [0.05, 0.1) is 43.5 Å². The molecule has 6 heterocycles. The predicted octanol–water partition coefficient (Wildman–Crippen LogP) is 16.3. The molecule has 3 aliphatic carbocycles. The molecular formula is C80H81FN6O8. The molecule has 0 amide bonds. The summed E-state index contributed by atoms with van der Waals surface area (Å²) in [6.07, 6.45) is 19.1. The van der Waals surface area contributed by atoms with Gasteiger partial charge in [0.25, 0.3) is 0 Å². The highest BCUT2D eigenvalue weighted by molar-refractivity contribution is 5.94. The number of aromatic carboxylic acids is 3. The van der Waals surface area contributed by atoms with Crippen LogP contribution in [0.2, 0.25) is 0 Å². The average Bonchev–Trinajstić information content (AvgIpc) is 1.41. The molecule has 1 saturated heterocycles. The van der Waals surface area contributed by atoms with E-state index in [0.29, 0.717) is 66.9 Å². The highest BCUT2D eigenvalue weighted by Gasteiger charge is 2.41. The maximum absolute atomic E-state index is 16.8. The van der Waals surface area contributed by atoms with Crippen molar-refractivity contribution in [3.8, 4) is 23.3 Å². The van der Waals surface area contributed by atoms with Gasteiger partial charge >= 0.3 is 17.9 Å². The minimum atomic E-state index is -1.04. The van der Waals surface area contributed by atoms with Gasteiger partial charge in [-0.1, -0.05) is 54.0 Å². The van der Waals surface area contributed by atoms with E-state index in [2.05, 4.69) is 78.8 Å². The number of carboxylic acids is 3. The van der Waals surface area contributed by atoms with Gasteiger partial charge in [0.1, 0.15) is 17.3 Å². The number of rotatable bonds is 21. The average molecular weight is 1270 g/mol. The normalized spacial score (nSPS) is 20.5. The minimum Gasteiger partial charge on any atom is -0.496 e. The summed E-state index contributed by atoms with van der Waals surface area (Å²) in [5.74, 6) is 6.90. The van der Waals surface area contributed by atoms with Gasteiger partial charge in [-0.2, -0.15) is 0 Å². The van der Waals surface area contributed by atoms with E-state index >= 15 is 4.39 Å². The number of ether oxygens (including phenoxy) is 2. The Labute approximate surface area is 552 Å². The lowest BCUT2D eigenvalue weighted by Crippen LogP contribution is -2.37. The number of aromatic amines is 3. The molecule has 2 unspecified atom stereocenters. The van der Waals surface area contributed by atoms with Crippen molar-refractivity contribution in [2.75, 3.05) is 33.9 Å². The molecule has 0 spiro atoms. The number of aryl methyl sites for hydroxylation is 1. The van der Waals surface area contributed by atoms with Crippen LogP contribution in [0.1, 0.15) is 187 Å². The number of carboxylic acid groups (broad SMARTS) is 3. The standard InChI is InChI=1S/C80H81FN6O8/c1-5-6-53-31-45(2)75-62(21-26-82-75)66(53)41-85-29-24-52(47-9-10-47)37-71(85)54-17-19-60(79(90)91)56(32-54)34-59-39-74(95-4)68(64-23-28-84-77(59)64)43-87-44-69(81)65(48-11-12-48)40-72(87)55-18-20-61(80(92)93)57(33-55)35-58-38-73(94-3)67(63-22-27-83-76(58)63)42-86-30-25-51(46-7-8-46)36-70(86)49-13-15-50(16-14-49)78(88)89/h13-23,26-28,31-33,36,38-39,46-48,52,70-72,82-84H,7-12,24-25,29-30,34-35,37,40-44H2,1-4H3,(H,88,89)(H,90,91)(H,92,93)/t52?,70?,71-,72-/m0/s1. The molecule has 9 aromatic rings. The van der Waals surface area contributed by atoms with Crippen molar-refractivity contribution in [1.29, 1.82) is 0 Å². The molecule has 4 fully saturated rings. The molecule has 15 heteroatoms. The molecule has 15 rings (SSSR count). The molecule has 4 atom stereocenters. The third kappa shape index (κ3) is 12.1. The van der Waals surface area contributed by atoms with Gasteiger partial charge in [0, 0.05) is 119 Å². The molecule has 6 aliphatic rings. The summed E-state index contributed by atoms with van der Waals surface area (Å²) in [5.41, 5.74) is 17.3. The Morgan fingerprint density at radius 3 is 1.69 bits per heavy atom. The molecule has 6 N–H and O–H groups in total. The highest BCUT2D eigenvalue weighted by atomic mass is 19.1. The van der Waals surface area contributed by atoms with Crippen LogP contribution in [0.25, 0.3) is 32.7 Å². The molecule has 6 aromatic carbocycles. The zero-order valence-electron chi connectivity index (χ0n) is 54.4. The first-order valence-electron chi connectivity index (χ1n) is 33.9. The van der Waals surface area contributed by atoms with Crippen LogP contribution in [-0.4, -0.2) is 96.7 Å². The number of hydrogen-bond donors (Lipinski definition) is 6. The molecule has 3 saturated carbocycles. The Kier molecular flexibility index (Phi) is 16.6. The fraction of sp³-hybridized carbons (Fsp3) is 0.362. The lowest BCUT2D eigenvalue weighted by Gasteiger charge is -2.40. The third-order valence-corrected chi connectivity index (χ3v) is 21.9. The second-order valence-corrected chi connectivity index (χ2v) is 27.7. The zero-order chi connectivity index (χ0) is 65.3. The summed E-state index contributed by atoms with van der Waals surface area (Å²) in [5, 5.41) is 34.5. The van der Waals surface area contributed by atoms with Crippen molar-refractivity contribution in [2.24, 2.45) is 23.7 Å². The second kappa shape index (κ2) is 25.5. The van der Waals surface area contributed by atoms with Crippen molar-refractivity contribution in [1.82, 2.24) is 29.7 Å². The second-order valence-electron chi connectivity index (χ2n) is 27.7. The first-order valence-corrected chi connectivity index (χ1v) is 33.9. The molecule has 3 aromatic heterocycles. The summed E-state index contributed by atoms with van der Waals surface area (Å²) in [4.78, 5) is 56.2. The Balaban J connectivity index is 0.738. The summed E-state index contributed by atoms with van der Waals surface area (Å²) < 4.78 is 29.4. The van der Waals surface area contributed by atoms with Crippen LogP contribution >= 0.6 is 0 Å². The van der Waals surface area contributed by atoms with Crippen LogP contribution in [0.4, 0.5) is 4.39 Å². The smallest absolute Gasteiger partial charge is 0.335 e. The summed E-state index contributed by atoms with van der Waals surface area (Å²) in [6, 6.07) is 31.0. The van der Waals surface area contributed by atoms with Crippen LogP contribution in [-0.2, 0) is 32.5 Å². The Hall–Kier alpha value is -9.20. The Morgan fingerprint density at radius 2 is 1.14 bits per heavy atom. The lowest BCUT2D eigenvalue weighted by atomic mass is 9.82. The molecular weight excluding hydrogens is 1190 g/mol. The van der Waals surface area contributed by atoms with E-state index in [1.165, 1.54) is 42.2 Å². The monoisotopic (exact) mass is 1270 g/mol. The quantitative estimate of drug-likeness (QED) is 0.0297. The van der Waals surface area contributed by atoms with E-state index in [1.54, 1.807) is 38.5 Å². The number of halogens is 1. The van der Waals surface area contributed by atoms with E-state index in [-0.39, 0.29) is 59.5 Å². The van der Waals surface area contributed by atoms with Crippen molar-refractivity contribution in [2.45, 2.75) is 129 Å². The minimum absolute atomic E-state index is 0.0634. The Morgan fingerprint density at radius 1 is 0.579 bits per heavy atom. The van der Waals surface area contributed by atoms with Gasteiger partial charge in [0.2, 0.25) is 0 Å². The van der Waals surface area contributed by atoms with Gasteiger partial charge in [-0.25, -0.2) is 18.8 Å². The van der Waals surface area contributed by atoms with Crippen LogP contribution in [0.3, 0.4) is 0 Å². The number of nitrogens with one attached hydrogen (secondary N) is 3. The van der Waals surface area contributed by atoms with Crippen molar-refractivity contribution in [3.63, 3.8) is 0 Å². The van der Waals surface area contributed by atoms with Crippen LogP contribution < -0.4 is 9.47 Å². The Bertz CT molecular complexity index is 4660. The number of fused-ring (bicyclic) bond motifs is 3. The maximum Gasteiger partial charge on any atom is 0.335 e. The topological polar surface area (TPSA) is 187 Å². The van der Waals surface area contributed by atoms with E-state index in [4.69, 9.17) is 9.47 Å². The van der Waals surface area contributed by atoms with Crippen LogP contribution in [0, 0.1) is 42.4 Å². The fourth-order valence-corrected chi connectivity index (χ4v) is 16.5. The van der Waals surface area contributed by atoms with Crippen molar-refractivity contribution in [3.05, 3.63) is 222 Å². The lowest BCUT2D eigenvalue weighted by molar-refractivity contribution is 0.0684. The number of H-pyrrole nitrogens is 3. The number of carbonyl (C=O) groups is 3. The summed E-state index contributed by atoms with van der Waals surface area (Å²) in [7, 11) is 3.33. The SMILES string of the molecule is CC#Cc1cc(C)c2[nH]ccc2c1CN1CCC(C2CC2)C[C@H]1c1ccc(C(=O)O)c(Cc2cc(OC)c(CN3CC(F)=C(C4CC4)C[C@H]3c3ccc(C(=O)O)c(Cc4cc(OC)c(CN5CCC(C6CC6)=CC5c5ccc(C(=O)O)cc5)c5cc[nH]c45)c3)c3cc[nH]c23)c1. The fourth-order valence-electron chi connectivity index (χ4n) is 16.5. The van der Waals surface area contributed by atoms with Crippen molar-refractivity contribution >= 4 is 50.6 Å². The maximum atomic E-state index is 16.8. The first-order chi connectivity index (χ1) is 46.2. The molecule has 486 valence electrons. The number of hydrogen-bond acceptors (Lipinski definition) is 8. The van der Waals surface area contributed by atoms with Gasteiger partial charge in [0.15, 0.2) is 0 Å². The number of nitrogens with zero attached hydrogens (tertiary/aromatic N) is 3. The first kappa shape index (κ1) is 61.9. The number of benzene rings is 6. The van der Waals surface area contributed by atoms with E-state index in [1.807, 2.05) is 74.0 Å². The molecule has 0 bridgehead atoms. The van der Waals surface area contributed by atoms with Crippen molar-refractivity contribution < 1.29 is 43.6 Å². The number of aromatic nitrogens is 3. The highest BCUT2D eigenvalue weighted by Crippen LogP contribution is 2.51. The molecule has 3 aliphatic heterocycles. The van der Waals surface area contributed by atoms with Gasteiger partial charge in [-0.15, -0.1) is 5.92 Å². The predicted molar refractivity (Wildman–Crippen MR) is 367 cm³/mol. The van der Waals surface area contributed by atoms with E-state index in [0.717, 1.165) is 134 Å². The number of methoxy groups -OCH3 is 2. The number of piperidine rings is 1. The van der Waals surface area contributed by atoms with Gasteiger partial charge in [-0.3, -0.25) is 14.7 Å². The van der Waals surface area contributed by atoms with Gasteiger partial charge < -0.3 is 39.7 Å². The van der Waals surface area contributed by atoms with E-state index in [9.17, 15) is 29.7 Å². The zero-order valence-corrected chi connectivity index (χ0v) is 54.4. The molecule has 0 radical (unpaired) electrons. The van der Waals surface area contributed by atoms with Crippen LogP contribution in [0.5, 0.6) is 11.5 Å².